The molecular weight excluding hydrogens is 369 g/mol. The number of halogens is 1. The predicted octanol–water partition coefficient (Wildman–Crippen LogP) is 5.26. The van der Waals surface area contributed by atoms with Crippen molar-refractivity contribution >= 4 is 16.7 Å². The highest BCUT2D eigenvalue weighted by Crippen LogP contribution is 2.32. The predicted molar refractivity (Wildman–Crippen MR) is 109 cm³/mol. The number of ketones is 1. The van der Waals surface area contributed by atoms with Crippen LogP contribution in [-0.2, 0) is 11.2 Å². The molecule has 1 fully saturated rings. The largest absolute Gasteiger partial charge is 0.441 e. The lowest BCUT2D eigenvalue weighted by molar-refractivity contribution is -0.123. The Hall–Kier alpha value is -2.63. The lowest BCUT2D eigenvalue weighted by Gasteiger charge is -2.27. The maximum atomic E-state index is 12.8. The zero-order valence-electron chi connectivity index (χ0n) is 16.7. The van der Waals surface area contributed by atoms with Crippen LogP contribution in [0.1, 0.15) is 50.1 Å². The summed E-state index contributed by atoms with van der Waals surface area (Å²) in [6, 6.07) is 3.94. The van der Waals surface area contributed by atoms with Gasteiger partial charge in [-0.25, -0.2) is 4.98 Å². The summed E-state index contributed by atoms with van der Waals surface area (Å²) in [7, 11) is 0. The SMILES string of the molecule is Cc1ncc(-c2cnc3cnc(CC(=O)C4CCC(CCCF)CC4)cc3c2)o1. The molecular formula is C23H26FN3O2. The number of fused-ring (bicyclic) bond motifs is 1. The van der Waals surface area contributed by atoms with Crippen LogP contribution >= 0.6 is 0 Å². The number of carbonyl (C=O) groups is 1. The third-order valence-electron chi connectivity index (χ3n) is 5.93. The number of carbonyl (C=O) groups excluding carboxylic acids is 1. The Kier molecular flexibility index (Phi) is 5.97. The van der Waals surface area contributed by atoms with Gasteiger partial charge in [0.05, 0.1) is 24.6 Å². The number of aromatic nitrogens is 3. The Morgan fingerprint density at radius 1 is 1.10 bits per heavy atom. The first-order valence-electron chi connectivity index (χ1n) is 10.4. The number of aryl methyl sites for hydroxylation is 1. The minimum atomic E-state index is -0.237. The lowest BCUT2D eigenvalue weighted by Crippen LogP contribution is -2.23. The summed E-state index contributed by atoms with van der Waals surface area (Å²) in [6.07, 6.45) is 11.0. The van der Waals surface area contributed by atoms with E-state index >= 15 is 0 Å². The van der Waals surface area contributed by atoms with Crippen molar-refractivity contribution in [2.24, 2.45) is 11.8 Å². The minimum absolute atomic E-state index is 0.107. The van der Waals surface area contributed by atoms with Gasteiger partial charge < -0.3 is 4.42 Å². The van der Waals surface area contributed by atoms with E-state index in [1.165, 1.54) is 0 Å². The summed E-state index contributed by atoms with van der Waals surface area (Å²) < 4.78 is 17.9. The topological polar surface area (TPSA) is 68.9 Å². The van der Waals surface area contributed by atoms with E-state index in [-0.39, 0.29) is 18.4 Å². The molecule has 1 aliphatic carbocycles. The summed E-state index contributed by atoms with van der Waals surface area (Å²) in [5.41, 5.74) is 2.41. The third-order valence-corrected chi connectivity index (χ3v) is 5.93. The normalized spacial score (nSPS) is 19.5. The van der Waals surface area contributed by atoms with Crippen LogP contribution in [0.15, 0.2) is 35.1 Å². The van der Waals surface area contributed by atoms with Gasteiger partial charge in [-0.2, -0.15) is 0 Å². The molecule has 0 unspecified atom stereocenters. The van der Waals surface area contributed by atoms with E-state index in [0.717, 1.165) is 54.3 Å². The van der Waals surface area contributed by atoms with Gasteiger partial charge in [-0.05, 0) is 56.6 Å². The second kappa shape index (κ2) is 8.80. The average molecular weight is 395 g/mol. The highest BCUT2D eigenvalue weighted by molar-refractivity contribution is 5.86. The Labute approximate surface area is 169 Å². The number of Topliss-reactive ketones (excluding diaryl/α,β-unsaturated/α-hetero) is 1. The standard InChI is InChI=1S/C23H26FN3O2/c1-15-25-14-23(29-15)19-9-18-10-20(26-13-21(18)27-12-19)11-22(28)17-6-4-16(5-7-17)3-2-8-24/h9-10,12-14,16-17H,2-8,11H2,1H3. The van der Waals surface area contributed by atoms with Gasteiger partial charge in [0.2, 0.25) is 0 Å². The van der Waals surface area contributed by atoms with Crippen molar-refractivity contribution < 1.29 is 13.6 Å². The Morgan fingerprint density at radius 3 is 2.66 bits per heavy atom. The maximum absolute atomic E-state index is 12.8. The van der Waals surface area contributed by atoms with Crippen molar-refractivity contribution in [3.63, 3.8) is 0 Å². The lowest BCUT2D eigenvalue weighted by atomic mass is 9.77. The fourth-order valence-electron chi connectivity index (χ4n) is 4.26. The summed E-state index contributed by atoms with van der Waals surface area (Å²) in [6.45, 7) is 1.57. The number of oxazole rings is 1. The Balaban J connectivity index is 1.43. The molecule has 0 N–H and O–H groups in total. The molecule has 29 heavy (non-hydrogen) atoms. The van der Waals surface area contributed by atoms with E-state index < -0.39 is 0 Å². The minimum Gasteiger partial charge on any atom is -0.441 e. The van der Waals surface area contributed by atoms with Crippen LogP contribution in [0.4, 0.5) is 4.39 Å². The zero-order chi connectivity index (χ0) is 20.2. The molecule has 3 aromatic heterocycles. The first-order valence-corrected chi connectivity index (χ1v) is 10.4. The fourth-order valence-corrected chi connectivity index (χ4v) is 4.26. The summed E-state index contributed by atoms with van der Waals surface area (Å²) in [4.78, 5) is 25.8. The Bertz CT molecular complexity index is 993. The second-order valence-electron chi connectivity index (χ2n) is 8.03. The van der Waals surface area contributed by atoms with Crippen LogP contribution in [0, 0.1) is 18.8 Å². The van der Waals surface area contributed by atoms with Crippen LogP contribution in [0.3, 0.4) is 0 Å². The molecule has 0 amide bonds. The molecule has 5 nitrogen and oxygen atoms in total. The third kappa shape index (κ3) is 4.69. The summed E-state index contributed by atoms with van der Waals surface area (Å²) in [5, 5.41) is 0.935. The first kappa shape index (κ1) is 19.7. The van der Waals surface area contributed by atoms with Gasteiger partial charge in [0, 0.05) is 42.1 Å². The molecule has 152 valence electrons. The molecule has 1 aliphatic rings. The molecule has 4 rings (SSSR count). The van der Waals surface area contributed by atoms with Crippen molar-refractivity contribution in [1.82, 2.24) is 15.0 Å². The molecule has 0 radical (unpaired) electrons. The molecule has 0 aliphatic heterocycles. The molecule has 0 bridgehead atoms. The second-order valence-corrected chi connectivity index (χ2v) is 8.03. The van der Waals surface area contributed by atoms with E-state index in [4.69, 9.17) is 4.42 Å². The first-order chi connectivity index (χ1) is 14.1. The summed E-state index contributed by atoms with van der Waals surface area (Å²) in [5.74, 6) is 2.24. The molecule has 0 aromatic carbocycles. The quantitative estimate of drug-likeness (QED) is 0.546. The maximum Gasteiger partial charge on any atom is 0.191 e. The smallest absolute Gasteiger partial charge is 0.191 e. The van der Waals surface area contributed by atoms with Crippen LogP contribution in [0.2, 0.25) is 0 Å². The van der Waals surface area contributed by atoms with E-state index in [0.29, 0.717) is 30.4 Å². The molecule has 0 saturated heterocycles. The van der Waals surface area contributed by atoms with E-state index in [1.807, 2.05) is 12.1 Å². The highest BCUT2D eigenvalue weighted by atomic mass is 19.1. The molecule has 3 heterocycles. The molecule has 0 atom stereocenters. The van der Waals surface area contributed by atoms with Gasteiger partial charge >= 0.3 is 0 Å². The van der Waals surface area contributed by atoms with E-state index in [2.05, 4.69) is 15.0 Å². The van der Waals surface area contributed by atoms with Gasteiger partial charge in [-0.1, -0.05) is 0 Å². The number of pyridine rings is 2. The fraction of sp³-hybridized carbons (Fsp3) is 0.478. The Morgan fingerprint density at radius 2 is 1.93 bits per heavy atom. The number of nitrogens with zero attached hydrogens (tertiary/aromatic N) is 3. The molecule has 6 heteroatoms. The molecule has 1 saturated carbocycles. The van der Waals surface area contributed by atoms with E-state index in [1.54, 1.807) is 25.5 Å². The number of rotatable bonds is 7. The summed E-state index contributed by atoms with van der Waals surface area (Å²) >= 11 is 0. The van der Waals surface area contributed by atoms with Crippen LogP contribution in [0.5, 0.6) is 0 Å². The van der Waals surface area contributed by atoms with Crippen molar-refractivity contribution in [2.75, 3.05) is 6.67 Å². The van der Waals surface area contributed by atoms with Crippen molar-refractivity contribution in [1.29, 1.82) is 0 Å². The van der Waals surface area contributed by atoms with Gasteiger partial charge in [0.1, 0.15) is 5.78 Å². The average Bonchev–Trinajstić information content (AvgIpc) is 3.18. The molecule has 3 aromatic rings. The zero-order valence-corrected chi connectivity index (χ0v) is 16.7. The van der Waals surface area contributed by atoms with E-state index in [9.17, 15) is 9.18 Å². The van der Waals surface area contributed by atoms with Gasteiger partial charge in [-0.15, -0.1) is 0 Å². The molecule has 0 spiro atoms. The van der Waals surface area contributed by atoms with Gasteiger partial charge in [0.25, 0.3) is 0 Å². The van der Waals surface area contributed by atoms with Gasteiger partial charge in [-0.3, -0.25) is 19.2 Å². The van der Waals surface area contributed by atoms with Crippen molar-refractivity contribution in [3.8, 4) is 11.3 Å². The van der Waals surface area contributed by atoms with Crippen LogP contribution < -0.4 is 0 Å². The van der Waals surface area contributed by atoms with Crippen molar-refractivity contribution in [3.05, 3.63) is 42.3 Å². The highest BCUT2D eigenvalue weighted by Gasteiger charge is 2.26. The van der Waals surface area contributed by atoms with Crippen molar-refractivity contribution in [2.45, 2.75) is 51.9 Å². The van der Waals surface area contributed by atoms with Gasteiger partial charge in [0.15, 0.2) is 11.7 Å². The number of hydrogen-bond acceptors (Lipinski definition) is 5. The number of hydrogen-bond donors (Lipinski definition) is 0. The monoisotopic (exact) mass is 395 g/mol. The number of alkyl halides is 1. The van der Waals surface area contributed by atoms with Crippen LogP contribution in [0.25, 0.3) is 22.2 Å². The van der Waals surface area contributed by atoms with Crippen LogP contribution in [-0.4, -0.2) is 27.4 Å².